The van der Waals surface area contributed by atoms with Crippen LogP contribution in [0.3, 0.4) is 0 Å². The number of pyridine rings is 1. The molecule has 1 saturated heterocycles. The van der Waals surface area contributed by atoms with Crippen molar-refractivity contribution in [1.82, 2.24) is 9.38 Å². The van der Waals surface area contributed by atoms with E-state index in [0.29, 0.717) is 17.4 Å². The lowest BCUT2D eigenvalue weighted by atomic mass is 10.0. The predicted octanol–water partition coefficient (Wildman–Crippen LogP) is 2.66. The highest BCUT2D eigenvalue weighted by Gasteiger charge is 2.28. The molecular weight excluding hydrogens is 254 g/mol. The third-order valence-electron chi connectivity index (χ3n) is 4.00. The van der Waals surface area contributed by atoms with Gasteiger partial charge in [0.1, 0.15) is 5.65 Å². The van der Waals surface area contributed by atoms with Gasteiger partial charge in [0.2, 0.25) is 0 Å². The number of carboxylic acid groups (broad SMARTS) is 1. The van der Waals surface area contributed by atoms with E-state index in [9.17, 15) is 9.90 Å². The van der Waals surface area contributed by atoms with Crippen molar-refractivity contribution in [2.75, 3.05) is 18.0 Å². The Morgan fingerprint density at radius 2 is 2.35 bits per heavy atom. The standard InChI is InChI=1S/C15H19N3O2/c1-2-5-11-7-9-17(10-11)14-13(15(19)20)18-8-4-3-6-12(18)16-14/h3-4,6,8,11H,2,5,7,9-10H2,1H3,(H,19,20). The van der Waals surface area contributed by atoms with Crippen LogP contribution < -0.4 is 4.90 Å². The number of hydrogen-bond acceptors (Lipinski definition) is 3. The molecule has 1 aliphatic heterocycles. The van der Waals surface area contributed by atoms with Crippen molar-refractivity contribution in [3.05, 3.63) is 30.1 Å². The molecule has 20 heavy (non-hydrogen) atoms. The predicted molar refractivity (Wildman–Crippen MR) is 77.4 cm³/mol. The van der Waals surface area contributed by atoms with Crippen molar-refractivity contribution in [3.8, 4) is 0 Å². The molecule has 0 bridgehead atoms. The van der Waals surface area contributed by atoms with Gasteiger partial charge < -0.3 is 10.0 Å². The third-order valence-corrected chi connectivity index (χ3v) is 4.00. The number of hydrogen-bond donors (Lipinski definition) is 1. The van der Waals surface area contributed by atoms with Crippen LogP contribution >= 0.6 is 0 Å². The molecule has 0 amide bonds. The maximum absolute atomic E-state index is 11.6. The van der Waals surface area contributed by atoms with Gasteiger partial charge in [-0.05, 0) is 30.9 Å². The molecule has 0 aromatic carbocycles. The molecule has 2 aromatic rings. The molecular formula is C15H19N3O2. The zero-order valence-electron chi connectivity index (χ0n) is 11.6. The molecule has 0 radical (unpaired) electrons. The van der Waals surface area contributed by atoms with E-state index in [1.807, 2.05) is 18.2 Å². The summed E-state index contributed by atoms with van der Waals surface area (Å²) < 4.78 is 1.66. The van der Waals surface area contributed by atoms with Crippen molar-refractivity contribution in [3.63, 3.8) is 0 Å². The molecule has 3 heterocycles. The molecule has 2 aromatic heterocycles. The van der Waals surface area contributed by atoms with E-state index >= 15 is 0 Å². The van der Waals surface area contributed by atoms with Crippen LogP contribution in [0.4, 0.5) is 5.82 Å². The third kappa shape index (κ3) is 2.13. The highest BCUT2D eigenvalue weighted by Crippen LogP contribution is 2.29. The van der Waals surface area contributed by atoms with Crippen molar-refractivity contribution in [2.24, 2.45) is 5.92 Å². The topological polar surface area (TPSA) is 57.8 Å². The summed E-state index contributed by atoms with van der Waals surface area (Å²) >= 11 is 0. The number of nitrogens with zero attached hydrogens (tertiary/aromatic N) is 3. The average Bonchev–Trinajstić information content (AvgIpc) is 3.02. The van der Waals surface area contributed by atoms with E-state index in [1.165, 1.54) is 12.8 Å². The van der Waals surface area contributed by atoms with Gasteiger partial charge in [0, 0.05) is 19.3 Å². The molecule has 106 valence electrons. The molecule has 0 aliphatic carbocycles. The van der Waals surface area contributed by atoms with Crippen molar-refractivity contribution < 1.29 is 9.90 Å². The lowest BCUT2D eigenvalue weighted by Gasteiger charge is -2.16. The normalized spacial score (nSPS) is 18.9. The second kappa shape index (κ2) is 5.15. The number of aromatic nitrogens is 2. The number of anilines is 1. The number of carbonyl (C=O) groups is 1. The summed E-state index contributed by atoms with van der Waals surface area (Å²) in [6.07, 6.45) is 5.26. The fraction of sp³-hybridized carbons (Fsp3) is 0.467. The van der Waals surface area contributed by atoms with Crippen LogP contribution in [0.15, 0.2) is 24.4 Å². The van der Waals surface area contributed by atoms with E-state index in [4.69, 9.17) is 0 Å². The minimum atomic E-state index is -0.919. The Bertz CT molecular complexity index is 635. The molecule has 1 N–H and O–H groups in total. The quantitative estimate of drug-likeness (QED) is 0.930. The fourth-order valence-electron chi connectivity index (χ4n) is 3.07. The monoisotopic (exact) mass is 273 g/mol. The van der Waals surface area contributed by atoms with Crippen LogP contribution in [0, 0.1) is 5.92 Å². The van der Waals surface area contributed by atoms with Gasteiger partial charge in [0.25, 0.3) is 0 Å². The first-order valence-corrected chi connectivity index (χ1v) is 7.16. The molecule has 1 atom stereocenters. The van der Waals surface area contributed by atoms with Gasteiger partial charge in [0.15, 0.2) is 11.5 Å². The van der Waals surface area contributed by atoms with Crippen LogP contribution in [0.5, 0.6) is 0 Å². The highest BCUT2D eigenvalue weighted by molar-refractivity contribution is 5.93. The molecule has 1 aliphatic rings. The summed E-state index contributed by atoms with van der Waals surface area (Å²) in [6, 6.07) is 5.55. The van der Waals surface area contributed by atoms with Crippen LogP contribution in [0.1, 0.15) is 36.7 Å². The SMILES string of the molecule is CCCC1CCN(c2nc3ccccn3c2C(=O)O)C1. The van der Waals surface area contributed by atoms with E-state index in [2.05, 4.69) is 16.8 Å². The zero-order valence-corrected chi connectivity index (χ0v) is 11.6. The summed E-state index contributed by atoms with van der Waals surface area (Å²) in [5, 5.41) is 9.49. The Morgan fingerprint density at radius 1 is 1.50 bits per heavy atom. The number of imidazole rings is 1. The van der Waals surface area contributed by atoms with Crippen LogP contribution in [-0.2, 0) is 0 Å². The first kappa shape index (κ1) is 13.0. The van der Waals surface area contributed by atoms with Gasteiger partial charge in [-0.25, -0.2) is 9.78 Å². The van der Waals surface area contributed by atoms with E-state index in [0.717, 1.165) is 19.5 Å². The minimum Gasteiger partial charge on any atom is -0.476 e. The maximum atomic E-state index is 11.6. The summed E-state index contributed by atoms with van der Waals surface area (Å²) in [5.74, 6) is 0.353. The van der Waals surface area contributed by atoms with Gasteiger partial charge in [-0.2, -0.15) is 0 Å². The van der Waals surface area contributed by atoms with Crippen LogP contribution in [-0.4, -0.2) is 33.6 Å². The van der Waals surface area contributed by atoms with Gasteiger partial charge in [0.05, 0.1) is 0 Å². The lowest BCUT2D eigenvalue weighted by Crippen LogP contribution is -2.22. The Hall–Kier alpha value is -2.04. The summed E-state index contributed by atoms with van der Waals surface area (Å²) in [4.78, 5) is 18.2. The molecule has 1 fully saturated rings. The number of fused-ring (bicyclic) bond motifs is 1. The van der Waals surface area contributed by atoms with Gasteiger partial charge in [-0.1, -0.05) is 19.4 Å². The zero-order chi connectivity index (χ0) is 14.1. The first-order chi connectivity index (χ1) is 9.70. The maximum Gasteiger partial charge on any atom is 0.356 e. The fourth-order valence-corrected chi connectivity index (χ4v) is 3.07. The Balaban J connectivity index is 1.99. The van der Waals surface area contributed by atoms with Crippen molar-refractivity contribution >= 4 is 17.4 Å². The number of carboxylic acids is 1. The Kier molecular flexibility index (Phi) is 3.34. The van der Waals surface area contributed by atoms with Crippen molar-refractivity contribution in [2.45, 2.75) is 26.2 Å². The summed E-state index contributed by atoms with van der Waals surface area (Å²) in [6.45, 7) is 4.00. The minimum absolute atomic E-state index is 0.276. The highest BCUT2D eigenvalue weighted by atomic mass is 16.4. The number of aromatic carboxylic acids is 1. The molecule has 0 saturated carbocycles. The van der Waals surface area contributed by atoms with Crippen LogP contribution in [0.2, 0.25) is 0 Å². The smallest absolute Gasteiger partial charge is 0.356 e. The Labute approximate surface area is 117 Å². The molecule has 5 nitrogen and oxygen atoms in total. The van der Waals surface area contributed by atoms with E-state index in [1.54, 1.807) is 10.6 Å². The Morgan fingerprint density at radius 3 is 3.10 bits per heavy atom. The van der Waals surface area contributed by atoms with E-state index < -0.39 is 5.97 Å². The molecule has 1 unspecified atom stereocenters. The van der Waals surface area contributed by atoms with Gasteiger partial charge in [-0.15, -0.1) is 0 Å². The largest absolute Gasteiger partial charge is 0.476 e. The van der Waals surface area contributed by atoms with Gasteiger partial charge >= 0.3 is 5.97 Å². The lowest BCUT2D eigenvalue weighted by molar-refractivity contribution is 0.0690. The number of rotatable bonds is 4. The van der Waals surface area contributed by atoms with Gasteiger partial charge in [-0.3, -0.25) is 4.40 Å². The summed E-state index contributed by atoms with van der Waals surface area (Å²) in [5.41, 5.74) is 0.969. The van der Waals surface area contributed by atoms with E-state index in [-0.39, 0.29) is 5.69 Å². The molecule has 5 heteroatoms. The summed E-state index contributed by atoms with van der Waals surface area (Å²) in [7, 11) is 0. The second-order valence-corrected chi connectivity index (χ2v) is 5.41. The van der Waals surface area contributed by atoms with Crippen molar-refractivity contribution in [1.29, 1.82) is 0 Å². The molecule has 3 rings (SSSR count). The van der Waals surface area contributed by atoms with Crippen LogP contribution in [0.25, 0.3) is 5.65 Å². The average molecular weight is 273 g/mol. The molecule has 0 spiro atoms. The first-order valence-electron chi connectivity index (χ1n) is 7.16. The second-order valence-electron chi connectivity index (χ2n) is 5.41.